The van der Waals surface area contributed by atoms with E-state index in [0.717, 1.165) is 28.8 Å². The molecule has 2 aromatic carbocycles. The summed E-state index contributed by atoms with van der Waals surface area (Å²) in [6, 6.07) is 10.3. The number of para-hydroxylation sites is 1. The molecule has 6 nitrogen and oxygen atoms in total. The van der Waals surface area contributed by atoms with Gasteiger partial charge in [0.05, 0.1) is 6.04 Å². The average molecular weight is 415 g/mol. The highest BCUT2D eigenvalue weighted by Crippen LogP contribution is 2.30. The third-order valence-electron chi connectivity index (χ3n) is 4.81. The molecule has 0 radical (unpaired) electrons. The Labute approximate surface area is 174 Å². The van der Waals surface area contributed by atoms with Crippen LogP contribution in [-0.4, -0.2) is 31.3 Å². The summed E-state index contributed by atoms with van der Waals surface area (Å²) in [4.78, 5) is 26.2. The molecule has 1 heterocycles. The van der Waals surface area contributed by atoms with Crippen molar-refractivity contribution in [2.45, 2.75) is 25.8 Å². The first-order valence-electron chi connectivity index (χ1n) is 9.30. The van der Waals surface area contributed by atoms with Crippen LogP contribution in [0.1, 0.15) is 16.7 Å². The number of ether oxygens (including phenoxy) is 2. The molecule has 2 aromatic rings. The molecule has 152 valence electrons. The molecule has 1 atom stereocenters. The number of aryl methyl sites for hydroxylation is 1. The first kappa shape index (κ1) is 20.9. The lowest BCUT2D eigenvalue weighted by Gasteiger charge is -2.22. The van der Waals surface area contributed by atoms with Gasteiger partial charge in [0.25, 0.3) is 0 Å². The van der Waals surface area contributed by atoms with Gasteiger partial charge in [-0.05, 0) is 54.7 Å². The molecule has 0 bridgehead atoms. The fourth-order valence-corrected chi connectivity index (χ4v) is 3.72. The first-order valence-corrected chi connectivity index (χ1v) is 9.68. The van der Waals surface area contributed by atoms with Gasteiger partial charge < -0.3 is 20.1 Å². The number of rotatable bonds is 6. The smallest absolute Gasteiger partial charge is 0.430 e. The van der Waals surface area contributed by atoms with Gasteiger partial charge in [-0.1, -0.05) is 42.5 Å². The van der Waals surface area contributed by atoms with E-state index in [0.29, 0.717) is 11.6 Å². The van der Waals surface area contributed by atoms with E-state index in [1.165, 1.54) is 12.1 Å². The van der Waals surface area contributed by atoms with Crippen LogP contribution in [0.4, 0.5) is 10.5 Å². The SMILES string of the molecule is C=CCOC(=O)Oc1cc(C)c(CC(N)C(=O)N2CCc3ccccc32)c(Cl)c1. The molecule has 3 rings (SSSR count). The minimum atomic E-state index is -0.840. The summed E-state index contributed by atoms with van der Waals surface area (Å²) >= 11 is 6.38. The Morgan fingerprint density at radius 1 is 1.34 bits per heavy atom. The second kappa shape index (κ2) is 9.11. The maximum Gasteiger partial charge on any atom is 0.514 e. The van der Waals surface area contributed by atoms with Gasteiger partial charge in [0.1, 0.15) is 12.4 Å². The molecule has 0 saturated carbocycles. The second-order valence-corrected chi connectivity index (χ2v) is 7.24. The molecular formula is C22H23ClN2O4. The minimum Gasteiger partial charge on any atom is -0.430 e. The average Bonchev–Trinajstić information content (AvgIpc) is 3.12. The van der Waals surface area contributed by atoms with E-state index in [9.17, 15) is 9.59 Å². The van der Waals surface area contributed by atoms with Crippen molar-refractivity contribution in [3.63, 3.8) is 0 Å². The van der Waals surface area contributed by atoms with Crippen LogP contribution in [0.15, 0.2) is 49.1 Å². The molecule has 1 unspecified atom stereocenters. The Balaban J connectivity index is 1.70. The van der Waals surface area contributed by atoms with Gasteiger partial charge in [0, 0.05) is 17.3 Å². The Kier molecular flexibility index (Phi) is 6.56. The quantitative estimate of drug-likeness (QED) is 0.441. The summed E-state index contributed by atoms with van der Waals surface area (Å²) in [6.45, 7) is 5.97. The lowest BCUT2D eigenvalue weighted by Crippen LogP contribution is -2.44. The summed E-state index contributed by atoms with van der Waals surface area (Å²) in [6.07, 6.45) is 1.71. The third-order valence-corrected chi connectivity index (χ3v) is 5.14. The fraction of sp³-hybridized carbons (Fsp3) is 0.273. The van der Waals surface area contributed by atoms with Crippen molar-refractivity contribution in [2.24, 2.45) is 5.73 Å². The number of nitrogens with zero attached hydrogens (tertiary/aromatic N) is 1. The number of carbonyl (C=O) groups is 2. The second-order valence-electron chi connectivity index (χ2n) is 6.83. The molecule has 0 spiro atoms. The van der Waals surface area contributed by atoms with Crippen LogP contribution < -0.4 is 15.4 Å². The number of nitrogens with two attached hydrogens (primary N) is 1. The van der Waals surface area contributed by atoms with Crippen molar-refractivity contribution in [2.75, 3.05) is 18.1 Å². The van der Waals surface area contributed by atoms with E-state index in [4.69, 9.17) is 26.8 Å². The van der Waals surface area contributed by atoms with E-state index < -0.39 is 12.2 Å². The van der Waals surface area contributed by atoms with Gasteiger partial charge in [-0.3, -0.25) is 4.79 Å². The zero-order chi connectivity index (χ0) is 21.0. The zero-order valence-electron chi connectivity index (χ0n) is 16.2. The van der Waals surface area contributed by atoms with E-state index in [-0.39, 0.29) is 24.7 Å². The summed E-state index contributed by atoms with van der Waals surface area (Å²) < 4.78 is 9.90. The van der Waals surface area contributed by atoms with Crippen LogP contribution >= 0.6 is 11.6 Å². The molecule has 1 amide bonds. The van der Waals surface area contributed by atoms with E-state index in [1.807, 2.05) is 31.2 Å². The molecule has 0 aliphatic carbocycles. The van der Waals surface area contributed by atoms with Gasteiger partial charge in [-0.25, -0.2) is 4.79 Å². The Morgan fingerprint density at radius 2 is 2.10 bits per heavy atom. The van der Waals surface area contributed by atoms with Gasteiger partial charge in [0.15, 0.2) is 0 Å². The van der Waals surface area contributed by atoms with Crippen molar-refractivity contribution in [1.29, 1.82) is 0 Å². The largest absolute Gasteiger partial charge is 0.514 e. The molecular weight excluding hydrogens is 392 g/mol. The number of amides is 1. The van der Waals surface area contributed by atoms with Crippen LogP contribution in [0.3, 0.4) is 0 Å². The number of benzene rings is 2. The Morgan fingerprint density at radius 3 is 2.83 bits per heavy atom. The standard InChI is InChI=1S/C22H23ClN2O4/c1-3-10-28-22(27)29-16-11-14(2)17(18(23)12-16)13-19(24)21(26)25-9-8-15-6-4-5-7-20(15)25/h3-7,11-12,19H,1,8-10,13,24H2,2H3. The number of hydrogen-bond donors (Lipinski definition) is 1. The van der Waals surface area contributed by atoms with Gasteiger partial charge in [-0.15, -0.1) is 0 Å². The predicted molar refractivity (Wildman–Crippen MR) is 113 cm³/mol. The lowest BCUT2D eigenvalue weighted by molar-refractivity contribution is -0.119. The van der Waals surface area contributed by atoms with Crippen LogP contribution in [0.5, 0.6) is 5.75 Å². The monoisotopic (exact) mass is 414 g/mol. The van der Waals surface area contributed by atoms with Crippen LogP contribution in [0.25, 0.3) is 0 Å². The topological polar surface area (TPSA) is 81.9 Å². The van der Waals surface area contributed by atoms with Crippen molar-refractivity contribution in [3.05, 3.63) is 70.8 Å². The maximum absolute atomic E-state index is 12.9. The van der Waals surface area contributed by atoms with Crippen molar-refractivity contribution < 1.29 is 19.1 Å². The molecule has 29 heavy (non-hydrogen) atoms. The molecule has 0 fully saturated rings. The molecule has 1 aliphatic rings. The molecule has 0 saturated heterocycles. The molecule has 0 aromatic heterocycles. The molecule has 7 heteroatoms. The minimum absolute atomic E-state index is 0.0558. The number of anilines is 1. The van der Waals surface area contributed by atoms with Gasteiger partial charge in [-0.2, -0.15) is 0 Å². The van der Waals surface area contributed by atoms with Crippen LogP contribution in [0.2, 0.25) is 5.02 Å². The van der Waals surface area contributed by atoms with Crippen molar-refractivity contribution >= 4 is 29.4 Å². The number of hydrogen-bond acceptors (Lipinski definition) is 5. The van der Waals surface area contributed by atoms with Gasteiger partial charge in [0.2, 0.25) is 5.91 Å². The van der Waals surface area contributed by atoms with Crippen LogP contribution in [-0.2, 0) is 22.4 Å². The highest BCUT2D eigenvalue weighted by atomic mass is 35.5. The van der Waals surface area contributed by atoms with Crippen LogP contribution in [0, 0.1) is 6.92 Å². The number of carbonyl (C=O) groups excluding carboxylic acids is 2. The Hall–Kier alpha value is -2.83. The predicted octanol–water partition coefficient (Wildman–Crippen LogP) is 3.81. The maximum atomic E-state index is 12.9. The lowest BCUT2D eigenvalue weighted by atomic mass is 10.00. The first-order chi connectivity index (χ1) is 13.9. The van der Waals surface area contributed by atoms with Gasteiger partial charge >= 0.3 is 6.16 Å². The molecule has 2 N–H and O–H groups in total. The zero-order valence-corrected chi connectivity index (χ0v) is 16.9. The summed E-state index contributed by atoms with van der Waals surface area (Å²) in [5, 5.41) is 0.376. The van der Waals surface area contributed by atoms with E-state index >= 15 is 0 Å². The molecule has 1 aliphatic heterocycles. The highest BCUT2D eigenvalue weighted by Gasteiger charge is 2.29. The fourth-order valence-electron chi connectivity index (χ4n) is 3.39. The number of fused-ring (bicyclic) bond motifs is 1. The Bertz CT molecular complexity index is 921. The summed E-state index contributed by atoms with van der Waals surface area (Å²) in [5.41, 5.74) is 9.81. The van der Waals surface area contributed by atoms with E-state index in [2.05, 4.69) is 6.58 Å². The number of halogens is 1. The highest BCUT2D eigenvalue weighted by molar-refractivity contribution is 6.31. The normalized spacial score (nSPS) is 13.6. The third kappa shape index (κ3) is 4.78. The summed E-state index contributed by atoms with van der Waals surface area (Å²) in [5.74, 6) is 0.123. The van der Waals surface area contributed by atoms with Crippen molar-refractivity contribution in [3.8, 4) is 5.75 Å². The van der Waals surface area contributed by atoms with E-state index in [1.54, 1.807) is 11.0 Å². The van der Waals surface area contributed by atoms with Crippen molar-refractivity contribution in [1.82, 2.24) is 0 Å². The summed E-state index contributed by atoms with van der Waals surface area (Å²) in [7, 11) is 0.